The molecule has 1 fully saturated rings. The molecule has 1 aromatic carbocycles. The SMILES string of the molecule is Cc1cc(Br)ccc1Nc1cc(-c2cccnc2)nc(NC2CCCCC2)n1. The first-order valence-electron chi connectivity index (χ1n) is 9.76. The van der Waals surface area contributed by atoms with Crippen LogP contribution >= 0.6 is 15.9 Å². The van der Waals surface area contributed by atoms with Gasteiger partial charge in [0.05, 0.1) is 5.69 Å². The molecular formula is C22H24BrN5. The number of rotatable bonds is 5. The van der Waals surface area contributed by atoms with Gasteiger partial charge in [-0.2, -0.15) is 4.98 Å². The molecule has 0 radical (unpaired) electrons. The minimum absolute atomic E-state index is 0.445. The van der Waals surface area contributed by atoms with Gasteiger partial charge in [-0.05, 0) is 55.7 Å². The van der Waals surface area contributed by atoms with Crippen molar-refractivity contribution < 1.29 is 0 Å². The maximum atomic E-state index is 4.77. The van der Waals surface area contributed by atoms with E-state index in [-0.39, 0.29) is 0 Å². The zero-order valence-corrected chi connectivity index (χ0v) is 17.5. The molecule has 1 aliphatic carbocycles. The van der Waals surface area contributed by atoms with Crippen LogP contribution in [0.15, 0.2) is 53.3 Å². The molecule has 1 aliphatic rings. The largest absolute Gasteiger partial charge is 0.351 e. The molecule has 2 aromatic heterocycles. The molecule has 5 nitrogen and oxygen atoms in total. The fourth-order valence-corrected chi connectivity index (χ4v) is 4.05. The highest BCUT2D eigenvalue weighted by atomic mass is 79.9. The Morgan fingerprint density at radius 1 is 1.04 bits per heavy atom. The van der Waals surface area contributed by atoms with E-state index < -0.39 is 0 Å². The Balaban J connectivity index is 1.66. The molecule has 3 aromatic rings. The first kappa shape index (κ1) is 18.9. The predicted octanol–water partition coefficient (Wildman–Crippen LogP) is 6.10. The molecule has 6 heteroatoms. The van der Waals surface area contributed by atoms with Crippen molar-refractivity contribution in [2.45, 2.75) is 45.1 Å². The van der Waals surface area contributed by atoms with Crippen molar-refractivity contribution in [1.29, 1.82) is 0 Å². The van der Waals surface area contributed by atoms with Crippen molar-refractivity contribution in [3.8, 4) is 11.3 Å². The minimum Gasteiger partial charge on any atom is -0.351 e. The highest BCUT2D eigenvalue weighted by Gasteiger charge is 2.16. The van der Waals surface area contributed by atoms with Crippen molar-refractivity contribution in [2.75, 3.05) is 10.6 Å². The fraction of sp³-hybridized carbons (Fsp3) is 0.318. The minimum atomic E-state index is 0.445. The van der Waals surface area contributed by atoms with Crippen LogP contribution in [0.4, 0.5) is 17.5 Å². The number of anilines is 3. The van der Waals surface area contributed by atoms with Crippen LogP contribution in [0.1, 0.15) is 37.7 Å². The average molecular weight is 438 g/mol. The number of nitrogens with zero attached hydrogens (tertiary/aromatic N) is 3. The van der Waals surface area contributed by atoms with Gasteiger partial charge in [-0.3, -0.25) is 4.98 Å². The summed E-state index contributed by atoms with van der Waals surface area (Å²) in [6.07, 6.45) is 9.82. The molecule has 0 unspecified atom stereocenters. The van der Waals surface area contributed by atoms with E-state index >= 15 is 0 Å². The second-order valence-electron chi connectivity index (χ2n) is 7.27. The lowest BCUT2D eigenvalue weighted by molar-refractivity contribution is 0.461. The third kappa shape index (κ3) is 4.68. The summed E-state index contributed by atoms with van der Waals surface area (Å²) in [7, 11) is 0. The predicted molar refractivity (Wildman–Crippen MR) is 118 cm³/mol. The summed E-state index contributed by atoms with van der Waals surface area (Å²) in [6.45, 7) is 2.08. The zero-order valence-electron chi connectivity index (χ0n) is 16.0. The van der Waals surface area contributed by atoms with Crippen LogP contribution in [0.25, 0.3) is 11.3 Å². The van der Waals surface area contributed by atoms with Crippen molar-refractivity contribution in [3.05, 3.63) is 58.8 Å². The summed E-state index contributed by atoms with van der Waals surface area (Å²) in [5.74, 6) is 1.45. The molecule has 0 atom stereocenters. The van der Waals surface area contributed by atoms with Crippen LogP contribution in [-0.2, 0) is 0 Å². The van der Waals surface area contributed by atoms with E-state index in [0.29, 0.717) is 12.0 Å². The summed E-state index contributed by atoms with van der Waals surface area (Å²) in [5.41, 5.74) is 4.02. The van der Waals surface area contributed by atoms with Crippen LogP contribution in [0, 0.1) is 6.92 Å². The Morgan fingerprint density at radius 2 is 1.89 bits per heavy atom. The van der Waals surface area contributed by atoms with E-state index in [0.717, 1.165) is 32.8 Å². The third-order valence-electron chi connectivity index (χ3n) is 5.07. The van der Waals surface area contributed by atoms with Crippen molar-refractivity contribution in [1.82, 2.24) is 15.0 Å². The van der Waals surface area contributed by atoms with Crippen LogP contribution in [0.5, 0.6) is 0 Å². The van der Waals surface area contributed by atoms with E-state index in [2.05, 4.69) is 50.6 Å². The zero-order chi connectivity index (χ0) is 19.3. The summed E-state index contributed by atoms with van der Waals surface area (Å²) >= 11 is 3.52. The molecule has 0 aliphatic heterocycles. The van der Waals surface area contributed by atoms with E-state index in [4.69, 9.17) is 9.97 Å². The van der Waals surface area contributed by atoms with Crippen LogP contribution < -0.4 is 10.6 Å². The average Bonchev–Trinajstić information content (AvgIpc) is 2.71. The summed E-state index contributed by atoms with van der Waals surface area (Å²) in [4.78, 5) is 13.8. The molecule has 1 saturated carbocycles. The highest BCUT2D eigenvalue weighted by molar-refractivity contribution is 9.10. The van der Waals surface area contributed by atoms with Crippen LogP contribution in [-0.4, -0.2) is 21.0 Å². The topological polar surface area (TPSA) is 62.7 Å². The first-order valence-corrected chi connectivity index (χ1v) is 10.6. The maximum absolute atomic E-state index is 4.77. The van der Waals surface area contributed by atoms with E-state index in [1.807, 2.05) is 30.5 Å². The number of pyridine rings is 1. The summed E-state index contributed by atoms with van der Waals surface area (Å²) in [5, 5.41) is 7.01. The van der Waals surface area contributed by atoms with Gasteiger partial charge < -0.3 is 10.6 Å². The molecule has 4 rings (SSSR count). The number of nitrogens with one attached hydrogen (secondary N) is 2. The lowest BCUT2D eigenvalue weighted by Gasteiger charge is -2.23. The van der Waals surface area contributed by atoms with Gasteiger partial charge in [0.25, 0.3) is 0 Å². The summed E-state index contributed by atoms with van der Waals surface area (Å²) in [6, 6.07) is 12.5. The van der Waals surface area contributed by atoms with Gasteiger partial charge in [0.1, 0.15) is 5.82 Å². The van der Waals surface area contributed by atoms with Crippen molar-refractivity contribution in [3.63, 3.8) is 0 Å². The van der Waals surface area contributed by atoms with E-state index in [1.165, 1.54) is 32.1 Å². The Bertz CT molecular complexity index is 939. The summed E-state index contributed by atoms with van der Waals surface area (Å²) < 4.78 is 1.06. The van der Waals surface area contributed by atoms with Crippen LogP contribution in [0.2, 0.25) is 0 Å². The van der Waals surface area contributed by atoms with Crippen LogP contribution in [0.3, 0.4) is 0 Å². The standard InChI is InChI=1S/C22H24BrN5/c1-15-12-17(23)9-10-19(15)26-21-13-20(16-6-5-11-24-14-16)27-22(28-21)25-18-7-3-2-4-8-18/h5-6,9-14,18H,2-4,7-8H2,1H3,(H2,25,26,27,28). The molecule has 0 saturated heterocycles. The lowest BCUT2D eigenvalue weighted by Crippen LogP contribution is -2.23. The number of aryl methyl sites for hydroxylation is 1. The third-order valence-corrected chi connectivity index (χ3v) is 5.57. The molecule has 2 heterocycles. The smallest absolute Gasteiger partial charge is 0.225 e. The first-order chi connectivity index (χ1) is 13.7. The van der Waals surface area contributed by atoms with Crippen molar-refractivity contribution >= 4 is 33.4 Å². The molecule has 0 spiro atoms. The molecule has 0 bridgehead atoms. The van der Waals surface area contributed by atoms with Gasteiger partial charge in [-0.15, -0.1) is 0 Å². The monoisotopic (exact) mass is 437 g/mol. The van der Waals surface area contributed by atoms with Gasteiger partial charge in [-0.25, -0.2) is 4.98 Å². The quantitative estimate of drug-likeness (QED) is 0.504. The van der Waals surface area contributed by atoms with E-state index in [9.17, 15) is 0 Å². The maximum Gasteiger partial charge on any atom is 0.225 e. The second-order valence-corrected chi connectivity index (χ2v) is 8.18. The number of halogens is 1. The molecule has 144 valence electrons. The Kier molecular flexibility index (Phi) is 5.86. The Morgan fingerprint density at radius 3 is 2.64 bits per heavy atom. The molecule has 28 heavy (non-hydrogen) atoms. The number of aromatic nitrogens is 3. The number of hydrogen-bond acceptors (Lipinski definition) is 5. The van der Waals surface area contributed by atoms with E-state index in [1.54, 1.807) is 6.20 Å². The normalized spacial score (nSPS) is 14.6. The highest BCUT2D eigenvalue weighted by Crippen LogP contribution is 2.27. The second kappa shape index (κ2) is 8.69. The van der Waals surface area contributed by atoms with Gasteiger partial charge in [0.2, 0.25) is 5.95 Å². The lowest BCUT2D eigenvalue weighted by atomic mass is 9.96. The molecular weight excluding hydrogens is 414 g/mol. The fourth-order valence-electron chi connectivity index (χ4n) is 3.57. The Labute approximate surface area is 174 Å². The van der Waals surface area contributed by atoms with Gasteiger partial charge in [-0.1, -0.05) is 35.2 Å². The Hall–Kier alpha value is -2.47. The number of hydrogen-bond donors (Lipinski definition) is 2. The van der Waals surface area contributed by atoms with Gasteiger partial charge in [0.15, 0.2) is 0 Å². The van der Waals surface area contributed by atoms with Gasteiger partial charge >= 0.3 is 0 Å². The molecule has 2 N–H and O–H groups in total. The molecule has 0 amide bonds. The number of benzene rings is 1. The van der Waals surface area contributed by atoms with Crippen molar-refractivity contribution in [2.24, 2.45) is 0 Å². The van der Waals surface area contributed by atoms with Gasteiger partial charge in [0, 0.05) is 40.2 Å².